The number of aryl methyl sites for hydroxylation is 1. The van der Waals surface area contributed by atoms with Crippen molar-refractivity contribution in [1.82, 2.24) is 0 Å². The van der Waals surface area contributed by atoms with E-state index in [9.17, 15) is 0 Å². The number of hydrogen-bond acceptors (Lipinski definition) is 0. The van der Waals surface area contributed by atoms with Crippen LogP contribution in [0, 0.1) is 17.8 Å². The summed E-state index contributed by atoms with van der Waals surface area (Å²) < 4.78 is 0. The summed E-state index contributed by atoms with van der Waals surface area (Å²) in [4.78, 5) is 0. The molecule has 2 aliphatic rings. The van der Waals surface area contributed by atoms with E-state index in [2.05, 4.69) is 74.5 Å². The molecule has 2 aromatic rings. The first-order chi connectivity index (χ1) is 17.2. The van der Waals surface area contributed by atoms with Gasteiger partial charge in [0.2, 0.25) is 0 Å². The van der Waals surface area contributed by atoms with Crippen LogP contribution in [0.15, 0.2) is 60.7 Å². The number of allylic oxidation sites excluding steroid dienone is 2. The van der Waals surface area contributed by atoms with Crippen molar-refractivity contribution in [2.75, 3.05) is 0 Å². The van der Waals surface area contributed by atoms with E-state index in [1.54, 1.807) is 5.56 Å². The van der Waals surface area contributed by atoms with Crippen LogP contribution in [-0.4, -0.2) is 0 Å². The van der Waals surface area contributed by atoms with E-state index in [0.29, 0.717) is 0 Å². The van der Waals surface area contributed by atoms with E-state index >= 15 is 0 Å². The summed E-state index contributed by atoms with van der Waals surface area (Å²) in [5.41, 5.74) is 5.81. The lowest BCUT2D eigenvalue weighted by Crippen LogP contribution is -2.15. The zero-order valence-electron chi connectivity index (χ0n) is 22.7. The number of unbranched alkanes of at least 4 members (excludes halogenated alkanes) is 1. The van der Waals surface area contributed by atoms with Crippen molar-refractivity contribution in [2.24, 2.45) is 17.8 Å². The summed E-state index contributed by atoms with van der Waals surface area (Å²) in [7, 11) is 0. The maximum atomic E-state index is 2.41. The Morgan fingerprint density at radius 3 is 1.80 bits per heavy atom. The fraction of sp³-hybridized carbons (Fsp3) is 0.600. The van der Waals surface area contributed by atoms with Crippen LogP contribution < -0.4 is 0 Å². The Morgan fingerprint density at radius 1 is 0.657 bits per heavy atom. The van der Waals surface area contributed by atoms with Crippen molar-refractivity contribution in [1.29, 1.82) is 0 Å². The average Bonchev–Trinajstić information content (AvgIpc) is 2.92. The average molecular weight is 471 g/mol. The Morgan fingerprint density at radius 2 is 1.20 bits per heavy atom. The van der Waals surface area contributed by atoms with Crippen molar-refractivity contribution >= 4 is 0 Å². The van der Waals surface area contributed by atoms with Crippen molar-refractivity contribution in [3.05, 3.63) is 71.8 Å². The molecular weight excluding hydrogens is 420 g/mol. The molecule has 0 N–H and O–H groups in total. The molecule has 4 rings (SSSR count). The van der Waals surface area contributed by atoms with E-state index in [-0.39, 0.29) is 0 Å². The van der Waals surface area contributed by atoms with Gasteiger partial charge in [-0.2, -0.15) is 0 Å². The Labute approximate surface area is 216 Å². The van der Waals surface area contributed by atoms with Gasteiger partial charge in [0.1, 0.15) is 0 Å². The van der Waals surface area contributed by atoms with E-state index in [4.69, 9.17) is 0 Å². The fourth-order valence-electron chi connectivity index (χ4n) is 6.77. The van der Waals surface area contributed by atoms with Gasteiger partial charge in [0.05, 0.1) is 0 Å². The fourth-order valence-corrected chi connectivity index (χ4v) is 6.77. The third-order valence-electron chi connectivity index (χ3n) is 9.27. The maximum absolute atomic E-state index is 2.41. The van der Waals surface area contributed by atoms with E-state index in [1.165, 1.54) is 113 Å². The van der Waals surface area contributed by atoms with Gasteiger partial charge < -0.3 is 0 Å². The molecule has 0 heteroatoms. The van der Waals surface area contributed by atoms with Crippen LogP contribution in [0.4, 0.5) is 0 Å². The molecule has 2 saturated carbocycles. The number of benzene rings is 2. The summed E-state index contributed by atoms with van der Waals surface area (Å²) in [6.07, 6.45) is 25.5. The monoisotopic (exact) mass is 470 g/mol. The molecule has 0 heterocycles. The van der Waals surface area contributed by atoms with Gasteiger partial charge in [0, 0.05) is 0 Å². The van der Waals surface area contributed by atoms with Crippen molar-refractivity contribution in [2.45, 2.75) is 116 Å². The predicted molar refractivity (Wildman–Crippen MR) is 154 cm³/mol. The highest BCUT2D eigenvalue weighted by atomic mass is 14.3. The molecule has 0 aliphatic heterocycles. The number of rotatable bonds is 11. The van der Waals surface area contributed by atoms with Crippen LogP contribution in [0.1, 0.15) is 121 Å². The SMILES string of the molecule is C/C=C/CCC1CCC(c2ccc(-c3ccc(CCC4CCC(CCCC)CC4)cc3)cc2)CC1. The molecule has 2 aliphatic carbocycles. The predicted octanol–water partition coefficient (Wildman–Crippen LogP) is 10.9. The summed E-state index contributed by atoms with van der Waals surface area (Å²) in [5.74, 6) is 3.70. The first kappa shape index (κ1) is 26.2. The molecule has 0 radical (unpaired) electrons. The Kier molecular flexibility index (Phi) is 10.5. The largest absolute Gasteiger partial charge is 0.0917 e. The van der Waals surface area contributed by atoms with Gasteiger partial charge in [-0.1, -0.05) is 113 Å². The van der Waals surface area contributed by atoms with Crippen LogP contribution in [0.3, 0.4) is 0 Å². The highest BCUT2D eigenvalue weighted by molar-refractivity contribution is 5.64. The molecular formula is C35H50. The molecule has 0 bridgehead atoms. The number of hydrogen-bond donors (Lipinski definition) is 0. The Balaban J connectivity index is 1.21. The van der Waals surface area contributed by atoms with E-state index < -0.39 is 0 Å². The highest BCUT2D eigenvalue weighted by Crippen LogP contribution is 2.38. The Bertz CT molecular complexity index is 855. The first-order valence-corrected chi connectivity index (χ1v) is 15.1. The molecule has 0 nitrogen and oxygen atoms in total. The molecule has 0 spiro atoms. The molecule has 0 unspecified atom stereocenters. The van der Waals surface area contributed by atoms with Crippen molar-refractivity contribution in [3.8, 4) is 11.1 Å². The summed E-state index contributed by atoms with van der Waals surface area (Å²) in [5, 5.41) is 0. The normalized spacial score (nSPS) is 25.2. The quantitative estimate of drug-likeness (QED) is 0.286. The molecule has 190 valence electrons. The molecule has 2 aromatic carbocycles. The smallest absolute Gasteiger partial charge is 0.0162 e. The second-order valence-electron chi connectivity index (χ2n) is 11.8. The van der Waals surface area contributed by atoms with Gasteiger partial charge in [0.25, 0.3) is 0 Å². The van der Waals surface area contributed by atoms with Gasteiger partial charge in [0.15, 0.2) is 0 Å². The molecule has 35 heavy (non-hydrogen) atoms. The zero-order chi connectivity index (χ0) is 24.3. The molecule has 0 aromatic heterocycles. The lowest BCUT2D eigenvalue weighted by Gasteiger charge is -2.28. The van der Waals surface area contributed by atoms with Crippen LogP contribution in [0.5, 0.6) is 0 Å². The lowest BCUT2D eigenvalue weighted by atomic mass is 9.77. The highest BCUT2D eigenvalue weighted by Gasteiger charge is 2.22. The molecule has 0 atom stereocenters. The van der Waals surface area contributed by atoms with E-state index in [0.717, 1.165) is 23.7 Å². The van der Waals surface area contributed by atoms with Crippen LogP contribution in [0.25, 0.3) is 11.1 Å². The van der Waals surface area contributed by atoms with Crippen LogP contribution >= 0.6 is 0 Å². The van der Waals surface area contributed by atoms with E-state index in [1.807, 2.05) is 0 Å². The van der Waals surface area contributed by atoms with Gasteiger partial charge in [-0.05, 0) is 104 Å². The zero-order valence-corrected chi connectivity index (χ0v) is 22.7. The van der Waals surface area contributed by atoms with Crippen molar-refractivity contribution in [3.63, 3.8) is 0 Å². The summed E-state index contributed by atoms with van der Waals surface area (Å²) >= 11 is 0. The molecule has 2 fully saturated rings. The first-order valence-electron chi connectivity index (χ1n) is 15.1. The van der Waals surface area contributed by atoms with Crippen molar-refractivity contribution < 1.29 is 0 Å². The Hall–Kier alpha value is -1.82. The second-order valence-corrected chi connectivity index (χ2v) is 11.8. The van der Waals surface area contributed by atoms with Gasteiger partial charge in [-0.25, -0.2) is 0 Å². The topological polar surface area (TPSA) is 0 Å². The van der Waals surface area contributed by atoms with Gasteiger partial charge >= 0.3 is 0 Å². The van der Waals surface area contributed by atoms with Gasteiger partial charge in [-0.3, -0.25) is 0 Å². The van der Waals surface area contributed by atoms with Gasteiger partial charge in [-0.15, -0.1) is 0 Å². The lowest BCUT2D eigenvalue weighted by molar-refractivity contribution is 0.250. The minimum atomic E-state index is 0.770. The maximum Gasteiger partial charge on any atom is -0.0162 e. The van der Waals surface area contributed by atoms with Crippen LogP contribution in [0.2, 0.25) is 0 Å². The minimum absolute atomic E-state index is 0.770. The standard InChI is InChI=1S/C35H50/c1-3-5-7-9-29-16-20-32(21-17-29)34-24-26-35(27-25-34)33-22-18-31(19-23-33)15-14-30-12-10-28(11-13-30)8-6-4-2/h3,5,18-19,22-30,32H,4,6-17,20-21H2,1-2H3/b5-3+. The third-order valence-corrected chi connectivity index (χ3v) is 9.27. The molecule has 0 amide bonds. The molecule has 0 saturated heterocycles. The van der Waals surface area contributed by atoms with Crippen LogP contribution in [-0.2, 0) is 6.42 Å². The second kappa shape index (κ2) is 14.1. The summed E-state index contributed by atoms with van der Waals surface area (Å²) in [6.45, 7) is 4.46. The minimum Gasteiger partial charge on any atom is -0.0917 e. The third kappa shape index (κ3) is 8.09. The summed E-state index contributed by atoms with van der Waals surface area (Å²) in [6, 6.07) is 19.0.